The first-order valence-electron chi connectivity index (χ1n) is 6.37. The van der Waals surface area contributed by atoms with Crippen molar-refractivity contribution < 1.29 is 9.53 Å². The summed E-state index contributed by atoms with van der Waals surface area (Å²) in [7, 11) is 0. The normalized spacial score (nSPS) is 13.9. The zero-order valence-electron chi connectivity index (χ0n) is 10.8. The van der Waals surface area contributed by atoms with E-state index in [-0.39, 0.29) is 12.6 Å². The topological polar surface area (TPSA) is 78.3 Å². The highest BCUT2D eigenvalue weighted by molar-refractivity contribution is 5.76. The van der Waals surface area contributed by atoms with Gasteiger partial charge in [0.05, 0.1) is 0 Å². The lowest BCUT2D eigenvalue weighted by Crippen LogP contribution is -2.47. The zero-order chi connectivity index (χ0) is 13.4. The largest absolute Gasteiger partial charge is 0.460 e. The first-order chi connectivity index (χ1) is 8.65. The van der Waals surface area contributed by atoms with Crippen LogP contribution in [0.15, 0.2) is 30.3 Å². The molecule has 0 saturated heterocycles. The maximum Gasteiger partial charge on any atom is 0.324 e. The third-order valence-electron chi connectivity index (χ3n) is 2.85. The van der Waals surface area contributed by atoms with Gasteiger partial charge in [0.15, 0.2) is 0 Å². The van der Waals surface area contributed by atoms with Crippen molar-refractivity contribution in [1.82, 2.24) is 0 Å². The van der Waals surface area contributed by atoms with Crippen molar-refractivity contribution in [2.45, 2.75) is 44.9 Å². The van der Waals surface area contributed by atoms with Crippen molar-refractivity contribution in [3.63, 3.8) is 0 Å². The molecule has 0 aliphatic heterocycles. The number of carbonyl (C=O) groups excluding carboxylic acids is 1. The van der Waals surface area contributed by atoms with Gasteiger partial charge < -0.3 is 16.2 Å². The van der Waals surface area contributed by atoms with Crippen molar-refractivity contribution in [3.8, 4) is 0 Å². The fourth-order valence-corrected chi connectivity index (χ4v) is 1.62. The molecule has 2 unspecified atom stereocenters. The predicted molar refractivity (Wildman–Crippen MR) is 71.7 cm³/mol. The lowest BCUT2D eigenvalue weighted by atomic mass is 10.0. The molecule has 0 aliphatic rings. The molecule has 1 rings (SSSR count). The average Bonchev–Trinajstić information content (AvgIpc) is 2.42. The van der Waals surface area contributed by atoms with Crippen LogP contribution in [0.2, 0.25) is 0 Å². The van der Waals surface area contributed by atoms with Gasteiger partial charge in [-0.05, 0) is 12.0 Å². The van der Waals surface area contributed by atoms with E-state index < -0.39 is 12.0 Å². The number of hydrogen-bond donors (Lipinski definition) is 2. The van der Waals surface area contributed by atoms with Crippen LogP contribution >= 0.6 is 0 Å². The van der Waals surface area contributed by atoms with Crippen molar-refractivity contribution >= 4 is 5.97 Å². The van der Waals surface area contributed by atoms with Gasteiger partial charge in [0.2, 0.25) is 0 Å². The van der Waals surface area contributed by atoms with Crippen LogP contribution < -0.4 is 11.5 Å². The summed E-state index contributed by atoms with van der Waals surface area (Å²) >= 11 is 0. The fraction of sp³-hybridized carbons (Fsp3) is 0.500. The summed E-state index contributed by atoms with van der Waals surface area (Å²) in [5.74, 6) is -0.428. The van der Waals surface area contributed by atoms with Crippen molar-refractivity contribution in [2.24, 2.45) is 11.5 Å². The third-order valence-corrected chi connectivity index (χ3v) is 2.85. The Morgan fingerprint density at radius 3 is 2.56 bits per heavy atom. The van der Waals surface area contributed by atoms with Crippen molar-refractivity contribution in [1.29, 1.82) is 0 Å². The van der Waals surface area contributed by atoms with Gasteiger partial charge in [0.1, 0.15) is 12.6 Å². The summed E-state index contributed by atoms with van der Waals surface area (Å²) in [5.41, 5.74) is 12.6. The lowest BCUT2D eigenvalue weighted by Gasteiger charge is -2.18. The van der Waals surface area contributed by atoms with Crippen LogP contribution in [0.1, 0.15) is 31.7 Å². The molecule has 0 fully saturated rings. The number of unbranched alkanes of at least 4 members (excludes halogenated alkanes) is 1. The van der Waals surface area contributed by atoms with Crippen molar-refractivity contribution in [2.75, 3.05) is 0 Å². The molecule has 0 saturated carbocycles. The van der Waals surface area contributed by atoms with E-state index >= 15 is 0 Å². The van der Waals surface area contributed by atoms with Crippen molar-refractivity contribution in [3.05, 3.63) is 35.9 Å². The van der Waals surface area contributed by atoms with Crippen LogP contribution in [0.3, 0.4) is 0 Å². The van der Waals surface area contributed by atoms with E-state index in [0.29, 0.717) is 0 Å². The van der Waals surface area contributed by atoms with Crippen LogP contribution in [0, 0.1) is 0 Å². The van der Waals surface area contributed by atoms with E-state index in [1.165, 1.54) is 0 Å². The van der Waals surface area contributed by atoms with E-state index in [1.54, 1.807) is 0 Å². The molecule has 0 aromatic heterocycles. The summed E-state index contributed by atoms with van der Waals surface area (Å²) in [4.78, 5) is 11.7. The van der Waals surface area contributed by atoms with E-state index in [0.717, 1.165) is 24.8 Å². The minimum absolute atomic E-state index is 0.244. The number of rotatable bonds is 7. The Morgan fingerprint density at radius 2 is 1.94 bits per heavy atom. The van der Waals surface area contributed by atoms with Crippen LogP contribution in [-0.2, 0) is 16.1 Å². The van der Waals surface area contributed by atoms with Gasteiger partial charge in [0.25, 0.3) is 0 Å². The molecule has 4 nitrogen and oxygen atoms in total. The van der Waals surface area contributed by atoms with Gasteiger partial charge in [-0.1, -0.05) is 50.1 Å². The Balaban J connectivity index is 2.36. The van der Waals surface area contributed by atoms with Gasteiger partial charge in [-0.3, -0.25) is 4.79 Å². The van der Waals surface area contributed by atoms with Gasteiger partial charge in [-0.25, -0.2) is 0 Å². The second kappa shape index (κ2) is 7.84. The second-order valence-electron chi connectivity index (χ2n) is 4.43. The molecule has 1 aromatic carbocycles. The molecule has 0 heterocycles. The third kappa shape index (κ3) is 4.85. The quantitative estimate of drug-likeness (QED) is 0.720. The zero-order valence-corrected chi connectivity index (χ0v) is 10.8. The van der Waals surface area contributed by atoms with Gasteiger partial charge in [0, 0.05) is 6.04 Å². The highest BCUT2D eigenvalue weighted by atomic mass is 16.5. The molecule has 100 valence electrons. The van der Waals surface area contributed by atoms with Crippen LogP contribution in [-0.4, -0.2) is 18.1 Å². The summed E-state index contributed by atoms with van der Waals surface area (Å²) in [5, 5.41) is 0. The Hall–Kier alpha value is -1.39. The first kappa shape index (κ1) is 14.7. The van der Waals surface area contributed by atoms with E-state index in [2.05, 4.69) is 6.92 Å². The molecule has 0 bridgehead atoms. The van der Waals surface area contributed by atoms with E-state index in [1.807, 2.05) is 30.3 Å². The SMILES string of the molecule is CCCCC(N)C(N)C(=O)OCc1ccccc1. The summed E-state index contributed by atoms with van der Waals surface area (Å²) in [6.07, 6.45) is 2.76. The maximum atomic E-state index is 11.7. The minimum Gasteiger partial charge on any atom is -0.460 e. The van der Waals surface area contributed by atoms with E-state index in [4.69, 9.17) is 16.2 Å². The number of ether oxygens (including phenoxy) is 1. The molecule has 1 aromatic rings. The molecule has 2 atom stereocenters. The van der Waals surface area contributed by atoms with Gasteiger partial charge in [-0.15, -0.1) is 0 Å². The maximum absolute atomic E-state index is 11.7. The fourth-order valence-electron chi connectivity index (χ4n) is 1.62. The smallest absolute Gasteiger partial charge is 0.324 e. The molecule has 4 heteroatoms. The predicted octanol–water partition coefficient (Wildman–Crippen LogP) is 1.57. The van der Waals surface area contributed by atoms with Gasteiger partial charge in [-0.2, -0.15) is 0 Å². The van der Waals surface area contributed by atoms with Crippen LogP contribution in [0.25, 0.3) is 0 Å². The van der Waals surface area contributed by atoms with Gasteiger partial charge >= 0.3 is 5.97 Å². The first-order valence-corrected chi connectivity index (χ1v) is 6.37. The number of esters is 1. The average molecular weight is 250 g/mol. The Morgan fingerprint density at radius 1 is 1.28 bits per heavy atom. The summed E-state index contributed by atoms with van der Waals surface area (Å²) < 4.78 is 5.15. The minimum atomic E-state index is -0.736. The highest BCUT2D eigenvalue weighted by Gasteiger charge is 2.22. The molecular formula is C14H22N2O2. The molecular weight excluding hydrogens is 228 g/mol. The molecule has 0 amide bonds. The molecule has 0 spiro atoms. The molecule has 4 N–H and O–H groups in total. The number of benzene rings is 1. The molecule has 0 radical (unpaired) electrons. The van der Waals surface area contributed by atoms with Crippen LogP contribution in [0.4, 0.5) is 0 Å². The van der Waals surface area contributed by atoms with Crippen LogP contribution in [0.5, 0.6) is 0 Å². The Bertz CT molecular complexity index is 354. The number of carbonyl (C=O) groups is 1. The summed E-state index contributed by atoms with van der Waals surface area (Å²) in [6, 6.07) is 8.45. The molecule has 0 aliphatic carbocycles. The second-order valence-corrected chi connectivity index (χ2v) is 4.43. The Kier molecular flexibility index (Phi) is 6.39. The number of nitrogens with two attached hydrogens (primary N) is 2. The standard InChI is InChI=1S/C14H22N2O2/c1-2-3-9-12(15)13(16)14(17)18-10-11-7-5-4-6-8-11/h4-8,12-13H,2-3,9-10,15-16H2,1H3. The molecule has 18 heavy (non-hydrogen) atoms. The summed E-state index contributed by atoms with van der Waals surface area (Å²) in [6.45, 7) is 2.32. The van der Waals surface area contributed by atoms with E-state index in [9.17, 15) is 4.79 Å². The monoisotopic (exact) mass is 250 g/mol. The highest BCUT2D eigenvalue weighted by Crippen LogP contribution is 2.05. The Labute approximate surface area is 108 Å². The lowest BCUT2D eigenvalue weighted by molar-refractivity contribution is -0.147. The number of hydrogen-bond acceptors (Lipinski definition) is 4.